The molecule has 0 bridgehead atoms. The second-order valence-corrected chi connectivity index (χ2v) is 14.1. The van der Waals surface area contributed by atoms with Crippen molar-refractivity contribution < 1.29 is 27.5 Å². The minimum absolute atomic E-state index is 0.122. The molecule has 2 aromatic carbocycles. The minimum Gasteiger partial charge on any atom is -0.387 e. The number of aliphatic imine (C=N–C) groups is 1. The lowest BCUT2D eigenvalue weighted by molar-refractivity contribution is -0.124. The van der Waals surface area contributed by atoms with E-state index >= 15 is 0 Å². The second kappa shape index (κ2) is 11.9. The van der Waals surface area contributed by atoms with Crippen molar-refractivity contribution in [1.29, 1.82) is 0 Å². The molecule has 43 heavy (non-hydrogen) atoms. The summed E-state index contributed by atoms with van der Waals surface area (Å²) >= 11 is 12.1. The molecule has 2 saturated heterocycles. The van der Waals surface area contributed by atoms with Gasteiger partial charge in [-0.1, -0.05) is 23.2 Å². The molecule has 0 radical (unpaired) electrons. The van der Waals surface area contributed by atoms with Crippen molar-refractivity contribution >= 4 is 57.0 Å². The van der Waals surface area contributed by atoms with E-state index in [1.807, 2.05) is 0 Å². The number of likely N-dealkylation sites (tertiary alicyclic amines) is 1. The van der Waals surface area contributed by atoms with Crippen LogP contribution < -0.4 is 5.32 Å². The first kappa shape index (κ1) is 31.6. The van der Waals surface area contributed by atoms with Crippen LogP contribution in [0.25, 0.3) is 6.08 Å². The summed E-state index contributed by atoms with van der Waals surface area (Å²) in [6.45, 7) is 3.55. The maximum atomic E-state index is 13.2. The molecule has 2 fully saturated rings. The van der Waals surface area contributed by atoms with Crippen molar-refractivity contribution in [3.8, 4) is 0 Å². The number of piperidine rings is 2. The molecule has 0 unspecified atom stereocenters. The average Bonchev–Trinajstić information content (AvgIpc) is 3.29. The zero-order chi connectivity index (χ0) is 31.2. The van der Waals surface area contributed by atoms with Gasteiger partial charge in [-0.05, 0) is 92.6 Å². The third kappa shape index (κ3) is 6.37. The summed E-state index contributed by atoms with van der Waals surface area (Å²) in [6, 6.07) is 8.39. The molecule has 2 amide bonds. The normalized spacial score (nSPS) is 20.5. The van der Waals surface area contributed by atoms with Gasteiger partial charge in [-0.25, -0.2) is 12.8 Å². The quantitative estimate of drug-likeness (QED) is 0.484. The molecule has 0 aromatic heterocycles. The number of carbonyl (C=O) groups excluding carboxylic acids is 2. The standard InChI is InChI=1S/C30H33Cl2FN4O5S/c1-19-15-22(27(38)36-10-6-29(40,18-33)7-11-36)16-20(2)23(19)5-14-43(41,42)37-12-8-30(9-13-37)28(39)34-26(35-30)21-3-4-24(31)25(32)17-21/h3-5,14-17,40H,6-13,18H2,1-2H3,(H,34,35,39). The van der Waals surface area contributed by atoms with Gasteiger partial charge < -0.3 is 15.3 Å². The van der Waals surface area contributed by atoms with Gasteiger partial charge in [0.25, 0.3) is 11.8 Å². The van der Waals surface area contributed by atoms with E-state index in [0.29, 0.717) is 32.6 Å². The average molecular weight is 652 g/mol. The Morgan fingerprint density at radius 3 is 2.26 bits per heavy atom. The minimum atomic E-state index is -3.80. The molecular weight excluding hydrogens is 618 g/mol. The number of amides is 2. The number of alkyl halides is 1. The van der Waals surface area contributed by atoms with E-state index in [1.165, 1.54) is 10.4 Å². The molecule has 0 saturated carbocycles. The smallest absolute Gasteiger partial charge is 0.253 e. The van der Waals surface area contributed by atoms with E-state index in [0.717, 1.165) is 16.5 Å². The fourth-order valence-corrected chi connectivity index (χ4v) is 7.26. The van der Waals surface area contributed by atoms with Crippen LogP contribution in [0.2, 0.25) is 10.0 Å². The molecule has 230 valence electrons. The van der Waals surface area contributed by atoms with Crippen molar-refractivity contribution in [2.45, 2.75) is 50.7 Å². The Kier molecular flexibility index (Phi) is 8.76. The Morgan fingerprint density at radius 2 is 1.67 bits per heavy atom. The molecule has 3 aliphatic heterocycles. The summed E-state index contributed by atoms with van der Waals surface area (Å²) < 4.78 is 40.9. The van der Waals surface area contributed by atoms with Crippen LogP contribution in [-0.4, -0.2) is 84.4 Å². The highest BCUT2D eigenvalue weighted by Gasteiger charge is 2.47. The Balaban J connectivity index is 1.25. The summed E-state index contributed by atoms with van der Waals surface area (Å²) in [6.07, 6.45) is 2.34. The van der Waals surface area contributed by atoms with Gasteiger partial charge in [-0.15, -0.1) is 0 Å². The summed E-state index contributed by atoms with van der Waals surface area (Å²) in [5.41, 5.74) is 0.807. The van der Waals surface area contributed by atoms with Crippen LogP contribution >= 0.6 is 23.2 Å². The van der Waals surface area contributed by atoms with Crippen LogP contribution in [-0.2, 0) is 14.8 Å². The lowest BCUT2D eigenvalue weighted by Gasteiger charge is -2.36. The number of nitrogens with one attached hydrogen (secondary N) is 1. The van der Waals surface area contributed by atoms with Gasteiger partial charge in [-0.3, -0.25) is 14.6 Å². The fourth-order valence-electron chi connectivity index (χ4n) is 5.79. The topological polar surface area (TPSA) is 119 Å². The van der Waals surface area contributed by atoms with Crippen LogP contribution in [0.15, 0.2) is 40.7 Å². The third-order valence-corrected chi connectivity index (χ3v) is 10.9. The van der Waals surface area contributed by atoms with Gasteiger partial charge in [0.1, 0.15) is 18.0 Å². The van der Waals surface area contributed by atoms with Gasteiger partial charge in [-0.2, -0.15) is 4.31 Å². The van der Waals surface area contributed by atoms with Crippen molar-refractivity contribution in [3.05, 3.63) is 73.6 Å². The number of aryl methyl sites for hydroxylation is 2. The van der Waals surface area contributed by atoms with Crippen molar-refractivity contribution in [1.82, 2.24) is 14.5 Å². The number of rotatable bonds is 6. The van der Waals surface area contributed by atoms with Gasteiger partial charge >= 0.3 is 0 Å². The summed E-state index contributed by atoms with van der Waals surface area (Å²) in [5, 5.41) is 14.8. The number of benzene rings is 2. The van der Waals surface area contributed by atoms with Crippen LogP contribution in [0.5, 0.6) is 0 Å². The number of carbonyl (C=O) groups is 2. The highest BCUT2D eigenvalue weighted by atomic mass is 35.5. The van der Waals surface area contributed by atoms with Crippen molar-refractivity contribution in [2.75, 3.05) is 32.9 Å². The molecule has 9 nitrogen and oxygen atoms in total. The molecule has 2 aromatic rings. The molecule has 3 heterocycles. The predicted molar refractivity (Wildman–Crippen MR) is 165 cm³/mol. The Bertz CT molecular complexity index is 1610. The number of amidine groups is 1. The second-order valence-electron chi connectivity index (χ2n) is 11.5. The van der Waals surface area contributed by atoms with Crippen LogP contribution in [0, 0.1) is 13.8 Å². The molecule has 2 N–H and O–H groups in total. The number of sulfonamides is 1. The SMILES string of the molecule is Cc1cc(C(=O)N2CCC(O)(CF)CC2)cc(C)c1C=CS(=O)(=O)N1CCC2(CC1)N=C(c1ccc(Cl)c(Cl)c1)NC2=O. The summed E-state index contributed by atoms with van der Waals surface area (Å²) in [5.74, 6) is -0.0997. The summed E-state index contributed by atoms with van der Waals surface area (Å²) in [7, 11) is -3.80. The molecule has 0 atom stereocenters. The maximum Gasteiger partial charge on any atom is 0.253 e. The first-order valence-corrected chi connectivity index (χ1v) is 16.3. The lowest BCUT2D eigenvalue weighted by atomic mass is 9.89. The van der Waals surface area contributed by atoms with E-state index in [2.05, 4.69) is 10.3 Å². The molecule has 13 heteroatoms. The first-order valence-electron chi connectivity index (χ1n) is 14.0. The predicted octanol–water partition coefficient (Wildman–Crippen LogP) is 4.26. The van der Waals surface area contributed by atoms with E-state index in [-0.39, 0.29) is 63.7 Å². The van der Waals surface area contributed by atoms with Crippen LogP contribution in [0.1, 0.15) is 58.3 Å². The van der Waals surface area contributed by atoms with Gasteiger partial charge in [0.2, 0.25) is 10.0 Å². The molecule has 0 aliphatic carbocycles. The van der Waals surface area contributed by atoms with Crippen LogP contribution in [0.4, 0.5) is 4.39 Å². The van der Waals surface area contributed by atoms with E-state index in [9.17, 15) is 27.5 Å². The number of nitrogens with zero attached hydrogens (tertiary/aromatic N) is 3. The zero-order valence-corrected chi connectivity index (χ0v) is 26.2. The highest BCUT2D eigenvalue weighted by Crippen LogP contribution is 2.33. The first-order chi connectivity index (χ1) is 20.3. The largest absolute Gasteiger partial charge is 0.387 e. The van der Waals surface area contributed by atoms with E-state index in [1.54, 1.807) is 49.1 Å². The lowest BCUT2D eigenvalue weighted by Crippen LogP contribution is -2.50. The number of hydrogen-bond acceptors (Lipinski definition) is 6. The van der Waals surface area contributed by atoms with E-state index < -0.39 is 27.8 Å². The Hall–Kier alpha value is -2.83. The number of hydrogen-bond donors (Lipinski definition) is 2. The van der Waals surface area contributed by atoms with E-state index in [4.69, 9.17) is 23.2 Å². The molecular formula is C30H33Cl2FN4O5S. The number of aliphatic hydroxyl groups is 1. The Morgan fingerprint density at radius 1 is 1.05 bits per heavy atom. The summed E-state index contributed by atoms with van der Waals surface area (Å²) in [4.78, 5) is 32.3. The van der Waals surface area contributed by atoms with Crippen LogP contribution in [0.3, 0.4) is 0 Å². The third-order valence-electron chi connectivity index (χ3n) is 8.56. The zero-order valence-electron chi connectivity index (χ0n) is 23.9. The van der Waals surface area contributed by atoms with Crippen molar-refractivity contribution in [2.24, 2.45) is 4.99 Å². The fraction of sp³-hybridized carbons (Fsp3) is 0.433. The highest BCUT2D eigenvalue weighted by molar-refractivity contribution is 7.92. The van der Waals surface area contributed by atoms with Gasteiger partial charge in [0, 0.05) is 42.7 Å². The van der Waals surface area contributed by atoms with Crippen molar-refractivity contribution in [3.63, 3.8) is 0 Å². The molecule has 1 spiro atoms. The monoisotopic (exact) mass is 650 g/mol. The maximum absolute atomic E-state index is 13.2. The van der Waals surface area contributed by atoms with Gasteiger partial charge in [0.15, 0.2) is 0 Å². The van der Waals surface area contributed by atoms with Gasteiger partial charge in [0.05, 0.1) is 15.6 Å². The number of halogens is 3. The molecule has 3 aliphatic rings. The molecule has 5 rings (SSSR count). The Labute approximate surface area is 260 Å².